The monoisotopic (exact) mass is 588 g/mol. The molecule has 0 spiro atoms. The number of nitrogen functional groups attached to an aromatic ring is 1. The molecule has 0 unspecified atom stereocenters. The molecule has 0 aliphatic carbocycles. The van der Waals surface area contributed by atoms with Gasteiger partial charge in [0.2, 0.25) is 0 Å². The van der Waals surface area contributed by atoms with E-state index in [2.05, 4.69) is 6.07 Å². The molecule has 0 saturated carbocycles. The van der Waals surface area contributed by atoms with Crippen LogP contribution in [0.1, 0.15) is 0 Å². The first-order valence-corrected chi connectivity index (χ1v) is 14.4. The summed E-state index contributed by atoms with van der Waals surface area (Å²) in [7, 11) is 0. The van der Waals surface area contributed by atoms with Gasteiger partial charge in [0.1, 0.15) is 17.2 Å². The fraction of sp³-hybridized carbons (Fsp3) is 0. The van der Waals surface area contributed by atoms with Crippen LogP contribution in [0.5, 0.6) is 17.2 Å². The number of benzene rings is 8. The highest BCUT2D eigenvalue weighted by atomic mass is 16.3. The molecule has 45 heavy (non-hydrogen) atoms. The lowest BCUT2D eigenvalue weighted by Gasteiger charge is -2.14. The lowest BCUT2D eigenvalue weighted by molar-refractivity contribution is 0.470. The third kappa shape index (κ3) is 5.12. The summed E-state index contributed by atoms with van der Waals surface area (Å²) in [6, 6.07) is 46.6. The zero-order valence-corrected chi connectivity index (χ0v) is 24.5. The van der Waals surface area contributed by atoms with Crippen LogP contribution in [0.3, 0.4) is 0 Å². The molecule has 0 atom stereocenters. The quantitative estimate of drug-likeness (QED) is 0.129. The molecule has 0 aliphatic heterocycles. The van der Waals surface area contributed by atoms with Gasteiger partial charge in [-0.1, -0.05) is 121 Å². The SMILES string of the molecule is N.Nc1ccc2ccccc2c1-c1c(O)ccc2ccccc12.Oc1ccc2ccccc2c1-c1c(O)ccc2ccccc12. The smallest absolute Gasteiger partial charge is 0.124 e. The van der Waals surface area contributed by atoms with E-state index in [1.54, 1.807) is 18.2 Å². The molecule has 5 heteroatoms. The number of anilines is 1. The Morgan fingerprint density at radius 2 is 0.578 bits per heavy atom. The van der Waals surface area contributed by atoms with E-state index < -0.39 is 0 Å². The topological polar surface area (TPSA) is 122 Å². The fourth-order valence-electron chi connectivity index (χ4n) is 6.14. The van der Waals surface area contributed by atoms with Crippen molar-refractivity contribution in [1.29, 1.82) is 0 Å². The summed E-state index contributed by atoms with van der Waals surface area (Å²) >= 11 is 0. The van der Waals surface area contributed by atoms with Crippen LogP contribution in [0, 0.1) is 0 Å². The maximum atomic E-state index is 10.5. The molecule has 0 aromatic heterocycles. The normalized spacial score (nSPS) is 10.8. The lowest BCUT2D eigenvalue weighted by Crippen LogP contribution is -1.93. The highest BCUT2D eigenvalue weighted by Gasteiger charge is 2.17. The number of hydrogen-bond donors (Lipinski definition) is 5. The Bertz CT molecular complexity index is 2010. The van der Waals surface area contributed by atoms with Crippen molar-refractivity contribution in [2.45, 2.75) is 0 Å². The Kier molecular flexibility index (Phi) is 7.69. The van der Waals surface area contributed by atoms with E-state index in [9.17, 15) is 15.3 Å². The van der Waals surface area contributed by atoms with Gasteiger partial charge in [0, 0.05) is 27.9 Å². The van der Waals surface area contributed by atoms with Crippen molar-refractivity contribution >= 4 is 48.8 Å². The summed E-state index contributed by atoms with van der Waals surface area (Å²) in [4.78, 5) is 0. The Morgan fingerprint density at radius 1 is 0.311 bits per heavy atom. The van der Waals surface area contributed by atoms with Crippen molar-refractivity contribution in [3.8, 4) is 39.5 Å². The summed E-state index contributed by atoms with van der Waals surface area (Å²) in [6.45, 7) is 0. The van der Waals surface area contributed by atoms with Crippen molar-refractivity contribution in [1.82, 2.24) is 6.15 Å². The molecule has 5 nitrogen and oxygen atoms in total. The van der Waals surface area contributed by atoms with E-state index in [0.29, 0.717) is 16.8 Å². The van der Waals surface area contributed by atoms with Crippen molar-refractivity contribution in [2.24, 2.45) is 0 Å². The molecular formula is C40H32N2O3. The van der Waals surface area contributed by atoms with Crippen LogP contribution in [0.4, 0.5) is 5.69 Å². The van der Waals surface area contributed by atoms with Crippen molar-refractivity contribution in [2.75, 3.05) is 5.73 Å². The molecule has 8 N–H and O–H groups in total. The zero-order chi connectivity index (χ0) is 30.2. The standard InChI is InChI=1S/C20H15NO.C20H14O2.H3N/c2*21-17-11-9-13-5-1-3-7-15(13)19(17)20-16-8-4-2-6-14(16)10-12-18(20)22;/h1-12,22H,21H2;1-12,21-22H;1H3. The van der Waals surface area contributed by atoms with Crippen molar-refractivity contribution < 1.29 is 15.3 Å². The summed E-state index contributed by atoms with van der Waals surface area (Å²) in [5, 5.41) is 39.5. The molecule has 8 aromatic carbocycles. The van der Waals surface area contributed by atoms with E-state index in [4.69, 9.17) is 5.73 Å². The molecular weight excluding hydrogens is 556 g/mol. The molecule has 0 aliphatic rings. The third-order valence-electron chi connectivity index (χ3n) is 8.18. The van der Waals surface area contributed by atoms with Gasteiger partial charge in [-0.25, -0.2) is 0 Å². The van der Waals surface area contributed by atoms with Crippen molar-refractivity contribution in [3.63, 3.8) is 0 Å². The van der Waals surface area contributed by atoms with Crippen LogP contribution in [0.15, 0.2) is 146 Å². The van der Waals surface area contributed by atoms with E-state index in [0.717, 1.165) is 54.2 Å². The van der Waals surface area contributed by atoms with Gasteiger partial charge in [-0.3, -0.25) is 0 Å². The molecule has 220 valence electrons. The number of aromatic hydroxyl groups is 3. The van der Waals surface area contributed by atoms with Gasteiger partial charge in [-0.15, -0.1) is 0 Å². The molecule has 0 amide bonds. The molecule has 0 saturated heterocycles. The van der Waals surface area contributed by atoms with Crippen molar-refractivity contribution in [3.05, 3.63) is 146 Å². The predicted octanol–water partition coefficient (Wildman–Crippen LogP) is 10.2. The van der Waals surface area contributed by atoms with Gasteiger partial charge in [0.05, 0.1) is 0 Å². The first-order valence-electron chi connectivity index (χ1n) is 14.4. The Labute approximate surface area is 260 Å². The molecule has 8 rings (SSSR count). The van der Waals surface area contributed by atoms with Gasteiger partial charge in [-0.05, 0) is 67.4 Å². The maximum absolute atomic E-state index is 10.5. The summed E-state index contributed by atoms with van der Waals surface area (Å²) < 4.78 is 0. The number of rotatable bonds is 2. The highest BCUT2D eigenvalue weighted by Crippen LogP contribution is 2.45. The van der Waals surface area contributed by atoms with Gasteiger partial charge in [0.25, 0.3) is 0 Å². The zero-order valence-electron chi connectivity index (χ0n) is 24.5. The highest BCUT2D eigenvalue weighted by molar-refractivity contribution is 6.12. The van der Waals surface area contributed by atoms with Crippen LogP contribution < -0.4 is 11.9 Å². The van der Waals surface area contributed by atoms with E-state index in [1.807, 2.05) is 121 Å². The average Bonchev–Trinajstić information content (AvgIpc) is 3.06. The van der Waals surface area contributed by atoms with Gasteiger partial charge in [-0.2, -0.15) is 0 Å². The molecule has 0 radical (unpaired) electrons. The van der Waals surface area contributed by atoms with Crippen LogP contribution in [-0.2, 0) is 0 Å². The first kappa shape index (κ1) is 29.1. The molecule has 8 aromatic rings. The Balaban J connectivity index is 0.000000155. The minimum Gasteiger partial charge on any atom is -0.507 e. The first-order chi connectivity index (χ1) is 21.5. The van der Waals surface area contributed by atoms with Gasteiger partial charge in [0.15, 0.2) is 0 Å². The number of phenols is 3. The second kappa shape index (κ2) is 11.9. The fourth-order valence-corrected chi connectivity index (χ4v) is 6.14. The average molecular weight is 589 g/mol. The number of phenolic OH excluding ortho intramolecular Hbond substituents is 3. The summed E-state index contributed by atoms with van der Waals surface area (Å²) in [5.41, 5.74) is 9.98. The number of nitrogens with two attached hydrogens (primary N) is 1. The van der Waals surface area contributed by atoms with Crippen LogP contribution in [-0.4, -0.2) is 15.3 Å². The van der Waals surface area contributed by atoms with E-state index >= 15 is 0 Å². The lowest BCUT2D eigenvalue weighted by atomic mass is 9.92. The molecule has 0 fully saturated rings. The summed E-state index contributed by atoms with van der Waals surface area (Å²) in [6.07, 6.45) is 0. The minimum atomic E-state index is 0. The largest absolute Gasteiger partial charge is 0.507 e. The molecule has 0 bridgehead atoms. The maximum Gasteiger partial charge on any atom is 0.124 e. The van der Waals surface area contributed by atoms with E-state index in [1.165, 1.54) is 0 Å². The van der Waals surface area contributed by atoms with Gasteiger partial charge < -0.3 is 27.2 Å². The molecule has 0 heterocycles. The Morgan fingerprint density at radius 3 is 0.933 bits per heavy atom. The van der Waals surface area contributed by atoms with Crippen LogP contribution in [0.2, 0.25) is 0 Å². The van der Waals surface area contributed by atoms with Crippen LogP contribution in [0.25, 0.3) is 65.3 Å². The third-order valence-corrected chi connectivity index (χ3v) is 8.18. The summed E-state index contributed by atoms with van der Waals surface area (Å²) in [5.74, 6) is 0.595. The Hall–Kier alpha value is -6.04. The second-order valence-electron chi connectivity index (χ2n) is 10.8. The number of hydrogen-bond acceptors (Lipinski definition) is 5. The van der Waals surface area contributed by atoms with Gasteiger partial charge >= 0.3 is 0 Å². The predicted molar refractivity (Wildman–Crippen MR) is 188 cm³/mol. The number of fused-ring (bicyclic) bond motifs is 4. The van der Waals surface area contributed by atoms with E-state index in [-0.39, 0.29) is 23.4 Å². The second-order valence-corrected chi connectivity index (χ2v) is 10.8. The van der Waals surface area contributed by atoms with Crippen LogP contribution >= 0.6 is 0 Å². The minimum absolute atomic E-state index is 0.